The van der Waals surface area contributed by atoms with Crippen molar-refractivity contribution in [3.63, 3.8) is 0 Å². The van der Waals surface area contributed by atoms with Crippen LogP contribution in [0.15, 0.2) is 47.4 Å². The third-order valence-electron chi connectivity index (χ3n) is 8.01. The molecule has 0 amide bonds. The minimum Gasteiger partial charge on any atom is -0.507 e. The van der Waals surface area contributed by atoms with E-state index in [2.05, 4.69) is 41.1 Å². The molecule has 1 N–H and O–H groups in total. The van der Waals surface area contributed by atoms with Crippen LogP contribution in [0.5, 0.6) is 5.75 Å². The van der Waals surface area contributed by atoms with Gasteiger partial charge in [-0.2, -0.15) is 5.10 Å². The van der Waals surface area contributed by atoms with Gasteiger partial charge in [0, 0.05) is 37.3 Å². The fraction of sp³-hybridized carbons (Fsp3) is 0.481. The van der Waals surface area contributed by atoms with Crippen LogP contribution in [0.25, 0.3) is 22.4 Å². The monoisotopic (exact) mass is 459 g/mol. The SMILES string of the molecule is CN(c1ccc(-c2ccc(-c3cnn(C)c(=O)c3)cc2O)nn1)[C@H]1C[C@]2(C)CCC[C@](C)(C1)C2. The van der Waals surface area contributed by atoms with Crippen molar-refractivity contribution >= 4 is 5.82 Å². The zero-order valence-corrected chi connectivity index (χ0v) is 20.5. The first kappa shape index (κ1) is 22.6. The van der Waals surface area contributed by atoms with Crippen LogP contribution in [0.1, 0.15) is 52.4 Å². The molecule has 0 radical (unpaired) electrons. The van der Waals surface area contributed by atoms with E-state index in [0.717, 1.165) is 11.4 Å². The van der Waals surface area contributed by atoms with Crippen molar-refractivity contribution in [2.45, 2.75) is 58.4 Å². The molecule has 2 aliphatic rings. The zero-order chi connectivity index (χ0) is 24.1. The third kappa shape index (κ3) is 4.19. The van der Waals surface area contributed by atoms with Crippen molar-refractivity contribution in [1.29, 1.82) is 0 Å². The molecule has 7 heteroatoms. The summed E-state index contributed by atoms with van der Waals surface area (Å²) in [5, 5.41) is 23.7. The summed E-state index contributed by atoms with van der Waals surface area (Å²) in [5.41, 5.74) is 3.24. The first-order valence-electron chi connectivity index (χ1n) is 12.1. The number of phenols is 1. The number of hydrogen-bond acceptors (Lipinski definition) is 6. The molecule has 2 fully saturated rings. The molecule has 0 spiro atoms. The minimum absolute atomic E-state index is 0.0922. The Morgan fingerprint density at radius 3 is 2.38 bits per heavy atom. The predicted molar refractivity (Wildman–Crippen MR) is 134 cm³/mol. The Balaban J connectivity index is 1.36. The second kappa shape index (κ2) is 8.22. The lowest BCUT2D eigenvalue weighted by Crippen LogP contribution is -2.49. The number of benzene rings is 1. The van der Waals surface area contributed by atoms with Gasteiger partial charge >= 0.3 is 0 Å². The Hall–Kier alpha value is -3.22. The van der Waals surface area contributed by atoms with Gasteiger partial charge in [-0.15, -0.1) is 10.2 Å². The van der Waals surface area contributed by atoms with Gasteiger partial charge < -0.3 is 10.0 Å². The van der Waals surface area contributed by atoms with Crippen LogP contribution in [-0.2, 0) is 7.05 Å². The molecular weight excluding hydrogens is 426 g/mol. The maximum absolute atomic E-state index is 11.9. The first-order chi connectivity index (χ1) is 16.1. The van der Waals surface area contributed by atoms with Gasteiger partial charge in [0.1, 0.15) is 5.75 Å². The van der Waals surface area contributed by atoms with E-state index < -0.39 is 0 Å². The summed E-state index contributed by atoms with van der Waals surface area (Å²) in [6.07, 6.45) is 9.32. The highest BCUT2D eigenvalue weighted by Crippen LogP contribution is 2.56. The number of fused-ring (bicyclic) bond motifs is 2. The van der Waals surface area contributed by atoms with Crippen LogP contribution < -0.4 is 10.5 Å². The van der Waals surface area contributed by atoms with Gasteiger partial charge in [-0.05, 0) is 72.8 Å². The number of phenolic OH excluding ortho intramolecular Hbond substituents is 1. The molecule has 34 heavy (non-hydrogen) atoms. The van der Waals surface area contributed by atoms with Crippen molar-refractivity contribution < 1.29 is 5.11 Å². The molecule has 3 aromatic rings. The topological polar surface area (TPSA) is 84.1 Å². The van der Waals surface area contributed by atoms with Crippen LogP contribution in [0.3, 0.4) is 0 Å². The lowest BCUT2D eigenvalue weighted by Gasteiger charge is -2.54. The van der Waals surface area contributed by atoms with Crippen molar-refractivity contribution in [2.75, 3.05) is 11.9 Å². The number of rotatable bonds is 4. The molecule has 0 unspecified atom stereocenters. The highest BCUT2D eigenvalue weighted by Gasteiger charge is 2.47. The summed E-state index contributed by atoms with van der Waals surface area (Å²) in [4.78, 5) is 14.2. The van der Waals surface area contributed by atoms with Gasteiger partial charge in [-0.1, -0.05) is 26.3 Å². The standard InChI is InChI=1S/C27H33N5O2/c1-26-10-5-11-27(2,17-26)15-20(14-26)31(3)24-9-8-22(29-30-24)21-7-6-18(12-23(21)33)19-13-25(34)32(4)28-16-19/h6-9,12-13,16,20,33H,5,10-11,14-15,17H2,1-4H3/t20-,26-,27+. The highest BCUT2D eigenvalue weighted by atomic mass is 16.3. The lowest BCUT2D eigenvalue weighted by atomic mass is 9.55. The van der Waals surface area contributed by atoms with Crippen LogP contribution in [0, 0.1) is 10.8 Å². The number of aromatic nitrogens is 4. The van der Waals surface area contributed by atoms with Crippen molar-refractivity contribution in [2.24, 2.45) is 17.9 Å². The van der Waals surface area contributed by atoms with Gasteiger partial charge in [-0.3, -0.25) is 4.79 Å². The fourth-order valence-electron chi connectivity index (χ4n) is 6.38. The molecule has 2 saturated carbocycles. The second-order valence-electron chi connectivity index (χ2n) is 11.0. The van der Waals surface area contributed by atoms with Crippen LogP contribution in [-0.4, -0.2) is 38.2 Å². The van der Waals surface area contributed by atoms with Crippen LogP contribution >= 0.6 is 0 Å². The lowest BCUT2D eigenvalue weighted by molar-refractivity contribution is 0.0141. The van der Waals surface area contributed by atoms with E-state index in [9.17, 15) is 9.90 Å². The van der Waals surface area contributed by atoms with E-state index in [0.29, 0.717) is 33.7 Å². The van der Waals surface area contributed by atoms with Gasteiger partial charge in [0.25, 0.3) is 5.56 Å². The van der Waals surface area contributed by atoms with Crippen molar-refractivity contribution in [3.8, 4) is 28.1 Å². The number of nitrogens with zero attached hydrogens (tertiary/aromatic N) is 5. The van der Waals surface area contributed by atoms with E-state index >= 15 is 0 Å². The Morgan fingerprint density at radius 2 is 1.76 bits per heavy atom. The van der Waals surface area contributed by atoms with E-state index in [1.165, 1.54) is 49.3 Å². The molecule has 178 valence electrons. The molecule has 2 aliphatic carbocycles. The number of aryl methyl sites for hydroxylation is 1. The third-order valence-corrected chi connectivity index (χ3v) is 8.01. The molecular formula is C27H33N5O2. The Morgan fingerprint density at radius 1 is 1.03 bits per heavy atom. The van der Waals surface area contributed by atoms with Crippen LogP contribution in [0.2, 0.25) is 0 Å². The van der Waals surface area contributed by atoms with E-state index in [1.807, 2.05) is 18.2 Å². The number of anilines is 1. The minimum atomic E-state index is -0.198. The van der Waals surface area contributed by atoms with Gasteiger partial charge in [-0.25, -0.2) is 4.68 Å². The molecule has 2 aromatic heterocycles. The number of hydrogen-bond donors (Lipinski definition) is 1. The Labute approximate surface area is 200 Å². The van der Waals surface area contributed by atoms with Gasteiger partial charge in [0.15, 0.2) is 5.82 Å². The summed E-state index contributed by atoms with van der Waals surface area (Å²) in [7, 11) is 3.74. The molecule has 3 atom stereocenters. The highest BCUT2D eigenvalue weighted by molar-refractivity contribution is 5.74. The van der Waals surface area contributed by atoms with Crippen molar-refractivity contribution in [3.05, 3.63) is 52.9 Å². The summed E-state index contributed by atoms with van der Waals surface area (Å²) in [5.74, 6) is 0.956. The first-order valence-corrected chi connectivity index (χ1v) is 12.1. The van der Waals surface area contributed by atoms with Gasteiger partial charge in [0.05, 0.1) is 11.9 Å². The number of aromatic hydroxyl groups is 1. The predicted octanol–water partition coefficient (Wildman–Crippen LogP) is 4.80. The van der Waals surface area contributed by atoms with Crippen molar-refractivity contribution in [1.82, 2.24) is 20.0 Å². The quantitative estimate of drug-likeness (QED) is 0.604. The Kier molecular flexibility index (Phi) is 5.46. The molecule has 2 heterocycles. The maximum atomic E-state index is 11.9. The maximum Gasteiger partial charge on any atom is 0.267 e. The molecule has 0 saturated heterocycles. The van der Waals surface area contributed by atoms with E-state index in [1.54, 1.807) is 25.4 Å². The normalized spacial score (nSPS) is 26.3. The molecule has 2 bridgehead atoms. The smallest absolute Gasteiger partial charge is 0.267 e. The summed E-state index contributed by atoms with van der Waals surface area (Å²) in [6, 6.07) is 11.2. The molecule has 7 nitrogen and oxygen atoms in total. The molecule has 5 rings (SSSR count). The van der Waals surface area contributed by atoms with Gasteiger partial charge in [0.2, 0.25) is 0 Å². The van der Waals surface area contributed by atoms with E-state index in [4.69, 9.17) is 0 Å². The average molecular weight is 460 g/mol. The summed E-state index contributed by atoms with van der Waals surface area (Å²) in [6.45, 7) is 4.91. The molecule has 0 aliphatic heterocycles. The Bertz CT molecular complexity index is 1250. The average Bonchev–Trinajstić information content (AvgIpc) is 2.79. The van der Waals surface area contributed by atoms with Crippen LogP contribution in [0.4, 0.5) is 5.82 Å². The summed E-state index contributed by atoms with van der Waals surface area (Å²) >= 11 is 0. The summed E-state index contributed by atoms with van der Waals surface area (Å²) < 4.78 is 1.27. The molecule has 1 aromatic carbocycles. The second-order valence-corrected chi connectivity index (χ2v) is 11.0. The zero-order valence-electron chi connectivity index (χ0n) is 20.5. The fourth-order valence-corrected chi connectivity index (χ4v) is 6.38. The largest absolute Gasteiger partial charge is 0.507 e. The van der Waals surface area contributed by atoms with E-state index in [-0.39, 0.29) is 11.3 Å².